The zero-order valence-corrected chi connectivity index (χ0v) is 18.9. The van der Waals surface area contributed by atoms with Gasteiger partial charge in [0, 0.05) is 42.9 Å². The second-order valence-electron chi connectivity index (χ2n) is 8.18. The largest absolute Gasteiger partial charge is 0.336 e. The van der Waals surface area contributed by atoms with Crippen molar-refractivity contribution in [1.29, 1.82) is 0 Å². The third kappa shape index (κ3) is 4.26. The highest BCUT2D eigenvalue weighted by molar-refractivity contribution is 7.91. The summed E-state index contributed by atoms with van der Waals surface area (Å²) >= 11 is 6.28. The fraction of sp³-hybridized carbons (Fsp3) is 0.524. The van der Waals surface area contributed by atoms with Crippen LogP contribution in [-0.2, 0) is 16.4 Å². The summed E-state index contributed by atoms with van der Waals surface area (Å²) in [5.74, 6) is 0.516. The molecule has 3 heterocycles. The number of nitrogens with zero attached hydrogens (tertiary/aromatic N) is 4. The number of halogens is 1. The second-order valence-corrected chi connectivity index (χ2v) is 10.8. The predicted octanol–water partition coefficient (Wildman–Crippen LogP) is 2.15. The second kappa shape index (κ2) is 8.32. The summed E-state index contributed by atoms with van der Waals surface area (Å²) < 4.78 is 25.4. The van der Waals surface area contributed by atoms with Crippen molar-refractivity contribution in [2.45, 2.75) is 32.9 Å². The van der Waals surface area contributed by atoms with Crippen LogP contribution in [-0.4, -0.2) is 77.6 Å². The minimum absolute atomic E-state index is 0.00546. The van der Waals surface area contributed by atoms with Gasteiger partial charge in [-0.25, -0.2) is 8.42 Å². The van der Waals surface area contributed by atoms with Crippen LogP contribution in [0.15, 0.2) is 24.3 Å². The molecule has 1 atom stereocenters. The number of carbonyl (C=O) groups is 1. The van der Waals surface area contributed by atoms with Gasteiger partial charge in [0.2, 0.25) is 0 Å². The molecule has 9 heteroatoms. The van der Waals surface area contributed by atoms with Crippen LogP contribution in [0.1, 0.15) is 33.7 Å². The fourth-order valence-corrected chi connectivity index (χ4v) is 6.42. The summed E-state index contributed by atoms with van der Waals surface area (Å²) in [5, 5.41) is 5.27. The monoisotopic (exact) mass is 450 g/mol. The minimum atomic E-state index is -2.90. The Labute approximate surface area is 182 Å². The molecule has 2 aromatic rings. The van der Waals surface area contributed by atoms with Crippen LogP contribution in [0.25, 0.3) is 0 Å². The van der Waals surface area contributed by atoms with Gasteiger partial charge in [0.05, 0.1) is 29.3 Å². The summed E-state index contributed by atoms with van der Waals surface area (Å²) in [5.41, 5.74) is 3.17. The Balaban J connectivity index is 1.44. The van der Waals surface area contributed by atoms with Gasteiger partial charge in [-0.1, -0.05) is 29.8 Å². The number of hydrogen-bond acceptors (Lipinski definition) is 5. The molecule has 0 saturated carbocycles. The highest BCUT2D eigenvalue weighted by Gasteiger charge is 2.35. The molecule has 1 amide bonds. The van der Waals surface area contributed by atoms with Crippen LogP contribution in [0.4, 0.5) is 0 Å². The third-order valence-corrected chi connectivity index (χ3v) is 8.32. The van der Waals surface area contributed by atoms with E-state index in [1.54, 1.807) is 0 Å². The van der Waals surface area contributed by atoms with E-state index in [2.05, 4.69) is 10.00 Å². The Morgan fingerprint density at radius 1 is 1.17 bits per heavy atom. The average Bonchev–Trinajstić information content (AvgIpc) is 3.21. The van der Waals surface area contributed by atoms with Gasteiger partial charge in [0.1, 0.15) is 0 Å². The molecule has 7 nitrogen and oxygen atoms in total. The summed E-state index contributed by atoms with van der Waals surface area (Å²) in [6, 6.07) is 7.73. The molecule has 2 aliphatic rings. The summed E-state index contributed by atoms with van der Waals surface area (Å²) in [4.78, 5) is 17.3. The van der Waals surface area contributed by atoms with Gasteiger partial charge >= 0.3 is 0 Å². The Morgan fingerprint density at radius 3 is 2.50 bits per heavy atom. The van der Waals surface area contributed by atoms with Crippen LogP contribution in [0.2, 0.25) is 5.02 Å². The van der Waals surface area contributed by atoms with Crippen LogP contribution < -0.4 is 0 Å². The van der Waals surface area contributed by atoms with E-state index in [-0.39, 0.29) is 23.5 Å². The standard InChI is InChI=1S/C21H27ClN4O3S/c1-15-20(16(2)26(23-15)13-17-5-3-4-6-19(17)22)21(27)25-10-8-24(9-11-25)18-7-12-30(28,29)14-18/h3-6,18H,7-14H2,1-2H3. The zero-order valence-electron chi connectivity index (χ0n) is 17.3. The number of carbonyl (C=O) groups excluding carboxylic acids is 1. The lowest BCUT2D eigenvalue weighted by molar-refractivity contribution is 0.0586. The number of aromatic nitrogens is 2. The van der Waals surface area contributed by atoms with Gasteiger partial charge in [-0.2, -0.15) is 5.10 Å². The molecule has 0 bridgehead atoms. The molecule has 1 aromatic heterocycles. The number of benzene rings is 1. The molecule has 0 radical (unpaired) electrons. The summed E-state index contributed by atoms with van der Waals surface area (Å²) in [7, 11) is -2.90. The molecule has 0 spiro atoms. The van der Waals surface area contributed by atoms with Crippen molar-refractivity contribution < 1.29 is 13.2 Å². The van der Waals surface area contributed by atoms with E-state index in [0.29, 0.717) is 55.4 Å². The number of piperazine rings is 1. The molecule has 0 aliphatic carbocycles. The van der Waals surface area contributed by atoms with E-state index in [1.165, 1.54) is 0 Å². The Hall–Kier alpha value is -1.90. The number of sulfone groups is 1. The van der Waals surface area contributed by atoms with Crippen LogP contribution in [0.5, 0.6) is 0 Å². The van der Waals surface area contributed by atoms with E-state index >= 15 is 0 Å². The maximum absolute atomic E-state index is 13.2. The van der Waals surface area contributed by atoms with Crippen molar-refractivity contribution >= 4 is 27.3 Å². The summed E-state index contributed by atoms with van der Waals surface area (Å²) in [6.07, 6.45) is 0.698. The smallest absolute Gasteiger partial charge is 0.257 e. The number of rotatable bonds is 4. The van der Waals surface area contributed by atoms with Crippen molar-refractivity contribution in [3.05, 3.63) is 51.8 Å². The van der Waals surface area contributed by atoms with Gasteiger partial charge < -0.3 is 4.90 Å². The molecule has 1 unspecified atom stereocenters. The first-order valence-corrected chi connectivity index (χ1v) is 12.5. The van der Waals surface area contributed by atoms with Crippen LogP contribution in [0, 0.1) is 13.8 Å². The molecule has 162 valence electrons. The molecule has 1 aromatic carbocycles. The van der Waals surface area contributed by atoms with Gasteiger partial charge in [-0.15, -0.1) is 0 Å². The molecular weight excluding hydrogens is 424 g/mol. The quantitative estimate of drug-likeness (QED) is 0.713. The lowest BCUT2D eigenvalue weighted by Gasteiger charge is -2.37. The normalized spacial score (nSPS) is 21.8. The van der Waals surface area contributed by atoms with E-state index in [0.717, 1.165) is 11.3 Å². The first kappa shape index (κ1) is 21.3. The molecule has 0 N–H and O–H groups in total. The molecule has 2 aliphatic heterocycles. The third-order valence-electron chi connectivity index (χ3n) is 6.20. The van der Waals surface area contributed by atoms with Gasteiger partial charge in [-0.3, -0.25) is 14.4 Å². The van der Waals surface area contributed by atoms with E-state index in [4.69, 9.17) is 11.6 Å². The highest BCUT2D eigenvalue weighted by atomic mass is 35.5. The van der Waals surface area contributed by atoms with Crippen LogP contribution >= 0.6 is 11.6 Å². The molecule has 4 rings (SSSR count). The average molecular weight is 451 g/mol. The minimum Gasteiger partial charge on any atom is -0.336 e. The van der Waals surface area contributed by atoms with Crippen molar-refractivity contribution in [1.82, 2.24) is 19.6 Å². The van der Waals surface area contributed by atoms with Gasteiger partial charge in [0.15, 0.2) is 9.84 Å². The highest BCUT2D eigenvalue weighted by Crippen LogP contribution is 2.23. The lowest BCUT2D eigenvalue weighted by Crippen LogP contribution is -2.52. The van der Waals surface area contributed by atoms with E-state index in [9.17, 15) is 13.2 Å². The van der Waals surface area contributed by atoms with Crippen molar-refractivity contribution in [3.8, 4) is 0 Å². The van der Waals surface area contributed by atoms with Gasteiger partial charge in [0.25, 0.3) is 5.91 Å². The van der Waals surface area contributed by atoms with Crippen molar-refractivity contribution in [2.24, 2.45) is 0 Å². The first-order chi connectivity index (χ1) is 14.2. The van der Waals surface area contributed by atoms with E-state index < -0.39 is 9.84 Å². The fourth-order valence-electron chi connectivity index (χ4n) is 4.46. The van der Waals surface area contributed by atoms with Crippen LogP contribution in [0.3, 0.4) is 0 Å². The Kier molecular flexibility index (Phi) is 5.92. The number of hydrogen-bond donors (Lipinski definition) is 0. The first-order valence-electron chi connectivity index (χ1n) is 10.3. The Bertz CT molecular complexity index is 1060. The molecule has 30 heavy (non-hydrogen) atoms. The SMILES string of the molecule is Cc1nn(Cc2ccccc2Cl)c(C)c1C(=O)N1CCN(C2CCS(=O)(=O)C2)CC1. The molecular formula is C21H27ClN4O3S. The number of amides is 1. The summed E-state index contributed by atoms with van der Waals surface area (Å²) in [6.45, 7) is 6.92. The van der Waals surface area contributed by atoms with E-state index in [1.807, 2.05) is 47.7 Å². The maximum Gasteiger partial charge on any atom is 0.257 e. The Morgan fingerprint density at radius 2 is 1.87 bits per heavy atom. The topological polar surface area (TPSA) is 75.5 Å². The molecule has 2 saturated heterocycles. The van der Waals surface area contributed by atoms with Crippen molar-refractivity contribution in [3.63, 3.8) is 0 Å². The maximum atomic E-state index is 13.2. The number of aryl methyl sites for hydroxylation is 1. The lowest BCUT2D eigenvalue weighted by atomic mass is 10.1. The van der Waals surface area contributed by atoms with Crippen molar-refractivity contribution in [2.75, 3.05) is 37.7 Å². The van der Waals surface area contributed by atoms with Gasteiger partial charge in [-0.05, 0) is 31.9 Å². The predicted molar refractivity (Wildman–Crippen MR) is 117 cm³/mol. The zero-order chi connectivity index (χ0) is 21.5. The molecule has 2 fully saturated rings.